The zero-order chi connectivity index (χ0) is 13.5. The number of rotatable bonds is 5. The number of nitrogens with one attached hydrogen (secondary N) is 2. The molecule has 1 saturated heterocycles. The molecule has 1 aliphatic rings. The summed E-state index contributed by atoms with van der Waals surface area (Å²) in [6.07, 6.45) is 2.22. The lowest BCUT2D eigenvalue weighted by atomic mass is 10.2. The first kappa shape index (κ1) is 14.1. The second-order valence-electron chi connectivity index (χ2n) is 4.41. The minimum Gasteiger partial charge on any atom is -0.481 e. The molecule has 1 aromatic heterocycles. The summed E-state index contributed by atoms with van der Waals surface area (Å²) in [7, 11) is 1.58. The summed E-state index contributed by atoms with van der Waals surface area (Å²) >= 11 is 1.90. The molecule has 1 unspecified atom stereocenters. The van der Waals surface area contributed by atoms with Crippen LogP contribution in [-0.4, -0.2) is 42.1 Å². The molecule has 1 fully saturated rings. The summed E-state index contributed by atoms with van der Waals surface area (Å²) in [5.41, 5.74) is 0.992. The van der Waals surface area contributed by atoms with Gasteiger partial charge in [-0.1, -0.05) is 0 Å². The number of hydrogen-bond acceptors (Lipinski definition) is 5. The van der Waals surface area contributed by atoms with Crippen molar-refractivity contribution in [3.05, 3.63) is 23.9 Å². The Morgan fingerprint density at radius 3 is 3.32 bits per heavy atom. The summed E-state index contributed by atoms with van der Waals surface area (Å²) in [6, 6.07) is 4.00. The van der Waals surface area contributed by atoms with Gasteiger partial charge in [-0.05, 0) is 11.6 Å². The lowest BCUT2D eigenvalue weighted by Crippen LogP contribution is -2.41. The fourth-order valence-corrected chi connectivity index (χ4v) is 2.87. The molecule has 1 aromatic rings. The Morgan fingerprint density at radius 1 is 1.68 bits per heavy atom. The van der Waals surface area contributed by atoms with Crippen molar-refractivity contribution in [3.63, 3.8) is 0 Å². The number of thioether (sulfide) groups is 1. The number of methoxy groups -OCH3 is 1. The second kappa shape index (κ2) is 7.35. The number of hydrogen-bond donors (Lipinski definition) is 2. The van der Waals surface area contributed by atoms with Gasteiger partial charge in [0.05, 0.1) is 7.11 Å². The van der Waals surface area contributed by atoms with Gasteiger partial charge < -0.3 is 15.4 Å². The number of aromatic nitrogens is 1. The van der Waals surface area contributed by atoms with E-state index in [4.69, 9.17) is 4.74 Å². The molecule has 0 saturated carbocycles. The van der Waals surface area contributed by atoms with Crippen LogP contribution in [0.15, 0.2) is 18.3 Å². The van der Waals surface area contributed by atoms with Crippen molar-refractivity contribution < 1.29 is 9.53 Å². The average molecular weight is 281 g/mol. The zero-order valence-corrected chi connectivity index (χ0v) is 11.8. The van der Waals surface area contributed by atoms with Crippen LogP contribution in [0.5, 0.6) is 5.88 Å². The third kappa shape index (κ3) is 4.72. The molecule has 0 radical (unpaired) electrons. The van der Waals surface area contributed by atoms with Crippen LogP contribution in [0, 0.1) is 0 Å². The van der Waals surface area contributed by atoms with E-state index in [1.807, 2.05) is 23.9 Å². The lowest BCUT2D eigenvalue weighted by Gasteiger charge is -2.22. The Kier molecular flexibility index (Phi) is 5.47. The molecule has 5 nitrogen and oxygen atoms in total. The molecule has 0 spiro atoms. The first-order chi connectivity index (χ1) is 9.28. The maximum Gasteiger partial charge on any atom is 0.221 e. The first-order valence-electron chi connectivity index (χ1n) is 6.34. The summed E-state index contributed by atoms with van der Waals surface area (Å²) in [5, 5.41) is 6.28. The molecule has 104 valence electrons. The lowest BCUT2D eigenvalue weighted by molar-refractivity contribution is -0.121. The SMILES string of the molecule is COc1cc(CNC(=O)CC2CSCCN2)ccn1. The molecule has 2 N–H and O–H groups in total. The maximum atomic E-state index is 11.8. The Hall–Kier alpha value is -1.27. The van der Waals surface area contributed by atoms with E-state index in [0.717, 1.165) is 23.6 Å². The Bertz CT molecular complexity index is 422. The van der Waals surface area contributed by atoms with Gasteiger partial charge in [0.1, 0.15) is 0 Å². The Labute approximate surface area is 117 Å². The van der Waals surface area contributed by atoms with Crippen LogP contribution in [-0.2, 0) is 11.3 Å². The van der Waals surface area contributed by atoms with Gasteiger partial charge in [0.25, 0.3) is 0 Å². The summed E-state index contributed by atoms with van der Waals surface area (Å²) in [6.45, 7) is 1.50. The molecular weight excluding hydrogens is 262 g/mol. The molecule has 0 bridgehead atoms. The van der Waals surface area contributed by atoms with Crippen molar-refractivity contribution in [2.75, 3.05) is 25.2 Å². The smallest absolute Gasteiger partial charge is 0.221 e. The Balaban J connectivity index is 1.76. The van der Waals surface area contributed by atoms with Gasteiger partial charge in [0, 0.05) is 49.3 Å². The monoisotopic (exact) mass is 281 g/mol. The second-order valence-corrected chi connectivity index (χ2v) is 5.56. The fraction of sp³-hybridized carbons (Fsp3) is 0.538. The van der Waals surface area contributed by atoms with Gasteiger partial charge in [0.2, 0.25) is 11.8 Å². The number of amides is 1. The molecule has 2 rings (SSSR count). The van der Waals surface area contributed by atoms with Crippen molar-refractivity contribution in [1.82, 2.24) is 15.6 Å². The predicted octanol–water partition coefficient (Wildman–Crippen LogP) is 0.801. The topological polar surface area (TPSA) is 63.2 Å². The largest absolute Gasteiger partial charge is 0.481 e. The third-order valence-electron chi connectivity index (χ3n) is 2.93. The van der Waals surface area contributed by atoms with Gasteiger partial charge in [-0.2, -0.15) is 11.8 Å². The van der Waals surface area contributed by atoms with E-state index < -0.39 is 0 Å². The van der Waals surface area contributed by atoms with E-state index in [0.29, 0.717) is 24.9 Å². The molecule has 1 aliphatic heterocycles. The minimum atomic E-state index is 0.0794. The number of ether oxygens (including phenoxy) is 1. The van der Waals surface area contributed by atoms with Gasteiger partial charge in [-0.15, -0.1) is 0 Å². The average Bonchev–Trinajstić information content (AvgIpc) is 2.46. The van der Waals surface area contributed by atoms with E-state index in [-0.39, 0.29) is 5.91 Å². The highest BCUT2D eigenvalue weighted by Crippen LogP contribution is 2.11. The number of carbonyl (C=O) groups is 1. The van der Waals surface area contributed by atoms with Gasteiger partial charge in [0.15, 0.2) is 0 Å². The number of carbonyl (C=O) groups excluding carboxylic acids is 1. The molecule has 1 amide bonds. The number of pyridine rings is 1. The van der Waals surface area contributed by atoms with E-state index in [1.165, 1.54) is 0 Å². The molecular formula is C13H19N3O2S. The van der Waals surface area contributed by atoms with E-state index in [1.54, 1.807) is 13.3 Å². The predicted molar refractivity (Wildman–Crippen MR) is 76.4 cm³/mol. The van der Waals surface area contributed by atoms with Crippen LogP contribution >= 0.6 is 11.8 Å². The summed E-state index contributed by atoms with van der Waals surface area (Å²) in [5.74, 6) is 2.79. The van der Waals surface area contributed by atoms with E-state index in [9.17, 15) is 4.79 Å². The van der Waals surface area contributed by atoms with Crippen molar-refractivity contribution in [3.8, 4) is 5.88 Å². The van der Waals surface area contributed by atoms with Crippen molar-refractivity contribution in [2.24, 2.45) is 0 Å². The van der Waals surface area contributed by atoms with Gasteiger partial charge >= 0.3 is 0 Å². The fourth-order valence-electron chi connectivity index (χ4n) is 1.92. The third-order valence-corrected chi connectivity index (χ3v) is 4.06. The number of nitrogens with zero attached hydrogens (tertiary/aromatic N) is 1. The Morgan fingerprint density at radius 2 is 2.58 bits per heavy atom. The van der Waals surface area contributed by atoms with Gasteiger partial charge in [-0.3, -0.25) is 4.79 Å². The molecule has 19 heavy (non-hydrogen) atoms. The molecule has 0 aromatic carbocycles. The van der Waals surface area contributed by atoms with Crippen molar-refractivity contribution in [2.45, 2.75) is 19.0 Å². The van der Waals surface area contributed by atoms with Gasteiger partial charge in [-0.25, -0.2) is 4.98 Å². The minimum absolute atomic E-state index is 0.0794. The highest BCUT2D eigenvalue weighted by Gasteiger charge is 2.16. The quantitative estimate of drug-likeness (QED) is 0.836. The highest BCUT2D eigenvalue weighted by molar-refractivity contribution is 7.99. The summed E-state index contributed by atoms with van der Waals surface area (Å²) < 4.78 is 5.05. The molecule has 6 heteroatoms. The first-order valence-corrected chi connectivity index (χ1v) is 7.50. The normalized spacial score (nSPS) is 18.9. The maximum absolute atomic E-state index is 11.8. The van der Waals surface area contributed by atoms with E-state index >= 15 is 0 Å². The van der Waals surface area contributed by atoms with Crippen molar-refractivity contribution >= 4 is 17.7 Å². The highest BCUT2D eigenvalue weighted by atomic mass is 32.2. The van der Waals surface area contributed by atoms with Crippen molar-refractivity contribution in [1.29, 1.82) is 0 Å². The van der Waals surface area contributed by atoms with Crippen LogP contribution in [0.3, 0.4) is 0 Å². The standard InChI is InChI=1S/C13H19N3O2S/c1-18-13-6-10(2-3-15-13)8-16-12(17)7-11-9-19-5-4-14-11/h2-3,6,11,14H,4-5,7-9H2,1H3,(H,16,17). The zero-order valence-electron chi connectivity index (χ0n) is 11.0. The molecule has 1 atom stereocenters. The van der Waals surface area contributed by atoms with Crippen LogP contribution in [0.4, 0.5) is 0 Å². The van der Waals surface area contributed by atoms with Crippen LogP contribution in [0.25, 0.3) is 0 Å². The molecule has 2 heterocycles. The van der Waals surface area contributed by atoms with E-state index in [2.05, 4.69) is 15.6 Å². The van der Waals surface area contributed by atoms with Crippen LogP contribution in [0.1, 0.15) is 12.0 Å². The van der Waals surface area contributed by atoms with Crippen LogP contribution in [0.2, 0.25) is 0 Å². The van der Waals surface area contributed by atoms with Crippen LogP contribution < -0.4 is 15.4 Å². The molecule has 0 aliphatic carbocycles. The summed E-state index contributed by atoms with van der Waals surface area (Å²) in [4.78, 5) is 15.9.